The number of benzene rings is 1. The molecule has 0 saturated heterocycles. The molecule has 1 saturated carbocycles. The third-order valence-corrected chi connectivity index (χ3v) is 4.18. The van der Waals surface area contributed by atoms with Crippen LogP contribution in [0.2, 0.25) is 0 Å². The van der Waals surface area contributed by atoms with Gasteiger partial charge in [0.1, 0.15) is 12.1 Å². The number of rotatable bonds is 5. The molecule has 0 atom stereocenters. The third-order valence-electron chi connectivity index (χ3n) is 4.18. The van der Waals surface area contributed by atoms with Crippen molar-refractivity contribution in [1.82, 2.24) is 10.6 Å². The maximum atomic E-state index is 13.1. The molecule has 1 heterocycles. The monoisotopic (exact) mass is 316 g/mol. The average molecular weight is 316 g/mol. The maximum Gasteiger partial charge on any atom is 0.254 e. The number of nitrogens with one attached hydrogen (secondary N) is 2. The number of carbonyl (C=O) groups is 2. The molecule has 1 aromatic heterocycles. The molecule has 0 unspecified atom stereocenters. The van der Waals surface area contributed by atoms with E-state index in [0.717, 1.165) is 24.8 Å². The van der Waals surface area contributed by atoms with Gasteiger partial charge in [-0.15, -0.1) is 0 Å². The molecular weight excluding hydrogens is 299 g/mol. The van der Waals surface area contributed by atoms with Crippen LogP contribution in [0.25, 0.3) is 0 Å². The Labute approximate surface area is 132 Å². The lowest BCUT2D eigenvalue weighted by atomic mass is 9.72. The predicted octanol–water partition coefficient (Wildman–Crippen LogP) is 2.34. The summed E-state index contributed by atoms with van der Waals surface area (Å²) in [5, 5.41) is 5.51. The molecule has 0 spiro atoms. The smallest absolute Gasteiger partial charge is 0.254 e. The standard InChI is InChI=1S/C17H17FN2O3/c18-14-4-2-13(3-5-14)17(7-1-8-17)20-15(21)10-19-16(22)12-6-9-23-11-12/h2-6,9,11H,1,7-8,10H2,(H,19,22)(H,20,21). The minimum Gasteiger partial charge on any atom is -0.472 e. The summed E-state index contributed by atoms with van der Waals surface area (Å²) in [6, 6.07) is 7.70. The molecule has 1 aliphatic carbocycles. The molecule has 2 amide bonds. The van der Waals surface area contributed by atoms with Crippen molar-refractivity contribution in [2.45, 2.75) is 24.8 Å². The zero-order valence-electron chi connectivity index (χ0n) is 12.5. The lowest BCUT2D eigenvalue weighted by Crippen LogP contribution is -2.53. The zero-order chi connectivity index (χ0) is 16.3. The van der Waals surface area contributed by atoms with Crippen LogP contribution in [0, 0.1) is 5.82 Å². The van der Waals surface area contributed by atoms with Crippen LogP contribution in [-0.2, 0) is 10.3 Å². The molecule has 6 heteroatoms. The van der Waals surface area contributed by atoms with Gasteiger partial charge >= 0.3 is 0 Å². The first-order valence-electron chi connectivity index (χ1n) is 7.46. The number of hydrogen-bond donors (Lipinski definition) is 2. The summed E-state index contributed by atoms with van der Waals surface area (Å²) in [6.07, 6.45) is 5.32. The van der Waals surface area contributed by atoms with Gasteiger partial charge in [-0.3, -0.25) is 9.59 Å². The number of amides is 2. The van der Waals surface area contributed by atoms with E-state index in [4.69, 9.17) is 4.42 Å². The van der Waals surface area contributed by atoms with Gasteiger partial charge in [-0.25, -0.2) is 4.39 Å². The van der Waals surface area contributed by atoms with Crippen LogP contribution in [0.5, 0.6) is 0 Å². The minimum atomic E-state index is -0.453. The topological polar surface area (TPSA) is 71.3 Å². The molecule has 1 aromatic carbocycles. The molecule has 5 nitrogen and oxygen atoms in total. The average Bonchev–Trinajstić information content (AvgIpc) is 3.04. The fraction of sp³-hybridized carbons (Fsp3) is 0.294. The van der Waals surface area contributed by atoms with Crippen molar-refractivity contribution in [2.75, 3.05) is 6.54 Å². The quantitative estimate of drug-likeness (QED) is 0.889. The lowest BCUT2D eigenvalue weighted by molar-refractivity contribution is -0.123. The van der Waals surface area contributed by atoms with Crippen LogP contribution in [0.15, 0.2) is 47.3 Å². The molecule has 1 aliphatic rings. The second kappa shape index (κ2) is 6.24. The van der Waals surface area contributed by atoms with Crippen molar-refractivity contribution in [3.8, 4) is 0 Å². The molecular formula is C17H17FN2O3. The Bertz CT molecular complexity index is 691. The van der Waals surface area contributed by atoms with E-state index < -0.39 is 5.54 Å². The van der Waals surface area contributed by atoms with E-state index in [1.54, 1.807) is 12.1 Å². The normalized spacial score (nSPS) is 15.5. The first kappa shape index (κ1) is 15.3. The van der Waals surface area contributed by atoms with Gasteiger partial charge in [0.15, 0.2) is 0 Å². The molecule has 2 aromatic rings. The fourth-order valence-corrected chi connectivity index (χ4v) is 2.75. The van der Waals surface area contributed by atoms with Gasteiger partial charge in [0, 0.05) is 0 Å². The molecule has 0 radical (unpaired) electrons. The first-order chi connectivity index (χ1) is 11.1. The SMILES string of the molecule is O=C(CNC(=O)c1ccoc1)NC1(c2ccc(F)cc2)CCC1. The summed E-state index contributed by atoms with van der Waals surface area (Å²) in [7, 11) is 0. The summed E-state index contributed by atoms with van der Waals surface area (Å²) in [4.78, 5) is 23.9. The van der Waals surface area contributed by atoms with Gasteiger partial charge in [-0.2, -0.15) is 0 Å². The second-order valence-electron chi connectivity index (χ2n) is 5.69. The summed E-state index contributed by atoms with van der Waals surface area (Å²) >= 11 is 0. The highest BCUT2D eigenvalue weighted by atomic mass is 19.1. The summed E-state index contributed by atoms with van der Waals surface area (Å²) in [5.41, 5.74) is 0.805. The van der Waals surface area contributed by atoms with Gasteiger partial charge < -0.3 is 15.1 Å². The van der Waals surface area contributed by atoms with E-state index in [2.05, 4.69) is 10.6 Å². The Kier molecular flexibility index (Phi) is 4.14. The van der Waals surface area contributed by atoms with Gasteiger partial charge in [0.05, 0.1) is 23.9 Å². The number of hydrogen-bond acceptors (Lipinski definition) is 3. The molecule has 0 aliphatic heterocycles. The maximum absolute atomic E-state index is 13.1. The van der Waals surface area contributed by atoms with E-state index >= 15 is 0 Å². The largest absolute Gasteiger partial charge is 0.472 e. The van der Waals surface area contributed by atoms with Crippen LogP contribution >= 0.6 is 0 Å². The molecule has 0 bridgehead atoms. The van der Waals surface area contributed by atoms with Crippen molar-refractivity contribution >= 4 is 11.8 Å². The van der Waals surface area contributed by atoms with Crippen LogP contribution in [-0.4, -0.2) is 18.4 Å². The molecule has 2 N–H and O–H groups in total. The van der Waals surface area contributed by atoms with Crippen LogP contribution in [0.3, 0.4) is 0 Å². The highest BCUT2D eigenvalue weighted by molar-refractivity contribution is 5.96. The van der Waals surface area contributed by atoms with E-state index in [9.17, 15) is 14.0 Å². The minimum absolute atomic E-state index is 0.118. The summed E-state index contributed by atoms with van der Waals surface area (Å²) < 4.78 is 17.9. The lowest BCUT2D eigenvalue weighted by Gasteiger charge is -2.43. The highest BCUT2D eigenvalue weighted by Crippen LogP contribution is 2.41. The van der Waals surface area contributed by atoms with Gasteiger partial charge in [-0.05, 0) is 43.0 Å². The van der Waals surface area contributed by atoms with Crippen molar-refractivity contribution in [1.29, 1.82) is 0 Å². The van der Waals surface area contributed by atoms with E-state index in [1.165, 1.54) is 30.7 Å². The molecule has 3 rings (SSSR count). The number of halogens is 1. The Morgan fingerprint density at radius 3 is 2.48 bits per heavy atom. The molecule has 120 valence electrons. The van der Waals surface area contributed by atoms with Gasteiger partial charge in [-0.1, -0.05) is 12.1 Å². The second-order valence-corrected chi connectivity index (χ2v) is 5.69. The zero-order valence-corrected chi connectivity index (χ0v) is 12.5. The van der Waals surface area contributed by atoms with Crippen molar-refractivity contribution in [3.63, 3.8) is 0 Å². The van der Waals surface area contributed by atoms with Gasteiger partial charge in [0.25, 0.3) is 5.91 Å². The van der Waals surface area contributed by atoms with Crippen LogP contribution in [0.1, 0.15) is 35.2 Å². The Hall–Kier alpha value is -2.63. The van der Waals surface area contributed by atoms with Crippen LogP contribution < -0.4 is 10.6 Å². The van der Waals surface area contributed by atoms with Crippen LogP contribution in [0.4, 0.5) is 4.39 Å². The highest BCUT2D eigenvalue weighted by Gasteiger charge is 2.39. The van der Waals surface area contributed by atoms with E-state index in [1.807, 2.05) is 0 Å². The third kappa shape index (κ3) is 3.26. The Morgan fingerprint density at radius 2 is 1.91 bits per heavy atom. The van der Waals surface area contributed by atoms with E-state index in [-0.39, 0.29) is 24.2 Å². The Balaban J connectivity index is 1.59. The van der Waals surface area contributed by atoms with E-state index in [0.29, 0.717) is 5.56 Å². The summed E-state index contributed by atoms with van der Waals surface area (Å²) in [6.45, 7) is -0.118. The first-order valence-corrected chi connectivity index (χ1v) is 7.46. The number of furan rings is 1. The molecule has 23 heavy (non-hydrogen) atoms. The van der Waals surface area contributed by atoms with Crippen molar-refractivity contribution < 1.29 is 18.4 Å². The van der Waals surface area contributed by atoms with Crippen molar-refractivity contribution in [2.24, 2.45) is 0 Å². The predicted molar refractivity (Wildman–Crippen MR) is 81.1 cm³/mol. The number of carbonyl (C=O) groups excluding carboxylic acids is 2. The molecule has 1 fully saturated rings. The fourth-order valence-electron chi connectivity index (χ4n) is 2.75. The van der Waals surface area contributed by atoms with Crippen molar-refractivity contribution in [3.05, 3.63) is 59.8 Å². The Morgan fingerprint density at radius 1 is 1.17 bits per heavy atom. The van der Waals surface area contributed by atoms with Gasteiger partial charge in [0.2, 0.25) is 5.91 Å². The summed E-state index contributed by atoms with van der Waals surface area (Å²) in [5.74, 6) is -0.939.